The van der Waals surface area contributed by atoms with Crippen LogP contribution in [0.4, 0.5) is 0 Å². The van der Waals surface area contributed by atoms with Gasteiger partial charge in [0.15, 0.2) is 0 Å². The van der Waals surface area contributed by atoms with Gasteiger partial charge in [-0.05, 0) is 52.8 Å². The Morgan fingerprint density at radius 1 is 0.840 bits per heavy atom. The fraction of sp³-hybridized carbons (Fsp3) is 0.500. The molecule has 2 rings (SSSR count). The van der Waals surface area contributed by atoms with Crippen molar-refractivity contribution >= 4 is 0 Å². The Hall–Kier alpha value is -1.76. The first-order valence-electron chi connectivity index (χ1n) is 9.42. The van der Waals surface area contributed by atoms with Gasteiger partial charge in [0.05, 0.1) is 6.61 Å². The van der Waals surface area contributed by atoms with E-state index >= 15 is 0 Å². The molecule has 0 aliphatic carbocycles. The van der Waals surface area contributed by atoms with E-state index in [2.05, 4.69) is 96.1 Å². The molecule has 0 heterocycles. The van der Waals surface area contributed by atoms with Gasteiger partial charge in [-0.2, -0.15) is 0 Å². The van der Waals surface area contributed by atoms with Crippen LogP contribution in [0, 0.1) is 10.8 Å². The summed E-state index contributed by atoms with van der Waals surface area (Å²) in [6.07, 6.45) is 2.26. The zero-order chi connectivity index (χ0) is 18.5. The molecule has 0 radical (unpaired) electrons. The summed E-state index contributed by atoms with van der Waals surface area (Å²) in [5.74, 6) is 1.49. The maximum absolute atomic E-state index is 6.04. The summed E-state index contributed by atoms with van der Waals surface area (Å²) >= 11 is 0. The molecule has 0 aliphatic heterocycles. The minimum atomic E-state index is 0.173. The van der Waals surface area contributed by atoms with Crippen molar-refractivity contribution in [2.75, 3.05) is 6.61 Å². The number of benzene rings is 2. The minimum absolute atomic E-state index is 0.173. The second-order valence-corrected chi connectivity index (χ2v) is 9.36. The van der Waals surface area contributed by atoms with Crippen LogP contribution in [0.3, 0.4) is 0 Å². The largest absolute Gasteiger partial charge is 0.493 e. The van der Waals surface area contributed by atoms with E-state index in [1.165, 1.54) is 11.1 Å². The van der Waals surface area contributed by atoms with E-state index in [1.54, 1.807) is 0 Å². The van der Waals surface area contributed by atoms with E-state index < -0.39 is 0 Å². The third-order valence-corrected chi connectivity index (χ3v) is 4.54. The number of aryl methyl sites for hydroxylation is 1. The Balaban J connectivity index is 2.14. The Bertz CT molecular complexity index is 644. The van der Waals surface area contributed by atoms with Gasteiger partial charge in [0.25, 0.3) is 0 Å². The number of rotatable bonds is 6. The van der Waals surface area contributed by atoms with Gasteiger partial charge in [-0.1, -0.05) is 84.0 Å². The lowest BCUT2D eigenvalue weighted by Crippen LogP contribution is -2.20. The summed E-state index contributed by atoms with van der Waals surface area (Å²) in [6.45, 7) is 14.4. The van der Waals surface area contributed by atoms with Gasteiger partial charge in [0, 0.05) is 0 Å². The van der Waals surface area contributed by atoms with Gasteiger partial charge >= 0.3 is 0 Å². The highest BCUT2D eigenvalue weighted by molar-refractivity contribution is 5.32. The second-order valence-electron chi connectivity index (χ2n) is 9.36. The predicted octanol–water partition coefficient (Wildman–Crippen LogP) is 6.87. The molecule has 2 aromatic carbocycles. The van der Waals surface area contributed by atoms with Crippen molar-refractivity contribution in [3.8, 4) is 5.75 Å². The lowest BCUT2D eigenvalue weighted by Gasteiger charge is -2.32. The summed E-state index contributed by atoms with van der Waals surface area (Å²) in [6, 6.07) is 19.5. The summed E-state index contributed by atoms with van der Waals surface area (Å²) < 4.78 is 6.04. The fourth-order valence-electron chi connectivity index (χ4n) is 3.18. The Kier molecular flexibility index (Phi) is 6.32. The molecule has 1 atom stereocenters. The minimum Gasteiger partial charge on any atom is -0.493 e. The van der Waals surface area contributed by atoms with Gasteiger partial charge in [0.2, 0.25) is 0 Å². The van der Waals surface area contributed by atoms with E-state index in [4.69, 9.17) is 4.74 Å². The van der Waals surface area contributed by atoms with Gasteiger partial charge in [-0.3, -0.25) is 0 Å². The Morgan fingerprint density at radius 2 is 1.52 bits per heavy atom. The van der Waals surface area contributed by atoms with E-state index in [9.17, 15) is 0 Å². The number of hydrogen-bond acceptors (Lipinski definition) is 1. The SMILES string of the molecule is CC(C)(C)COc1cccc(C(CCc2ccccc2)C(C)(C)C)c1. The van der Waals surface area contributed by atoms with Gasteiger partial charge in [0.1, 0.15) is 5.75 Å². The predicted molar refractivity (Wildman–Crippen MR) is 108 cm³/mol. The molecule has 0 saturated heterocycles. The average Bonchev–Trinajstić information content (AvgIpc) is 2.53. The molecule has 0 saturated carbocycles. The molecule has 2 aromatic rings. The summed E-state index contributed by atoms with van der Waals surface area (Å²) in [5.41, 5.74) is 3.19. The second kappa shape index (κ2) is 8.08. The highest BCUT2D eigenvalue weighted by Crippen LogP contribution is 2.39. The normalized spacial score (nSPS) is 13.5. The van der Waals surface area contributed by atoms with Gasteiger partial charge in [-0.15, -0.1) is 0 Å². The van der Waals surface area contributed by atoms with Crippen molar-refractivity contribution in [3.05, 3.63) is 65.7 Å². The molecule has 0 N–H and O–H groups in total. The molecule has 0 aliphatic rings. The zero-order valence-electron chi connectivity index (χ0n) is 16.8. The van der Waals surface area contributed by atoms with Crippen molar-refractivity contribution in [1.29, 1.82) is 0 Å². The maximum Gasteiger partial charge on any atom is 0.119 e. The van der Waals surface area contributed by atoms with Crippen LogP contribution in [0.15, 0.2) is 54.6 Å². The summed E-state index contributed by atoms with van der Waals surface area (Å²) in [5, 5.41) is 0. The van der Waals surface area contributed by atoms with Crippen molar-refractivity contribution in [2.24, 2.45) is 10.8 Å². The summed E-state index contributed by atoms with van der Waals surface area (Å²) in [7, 11) is 0. The molecule has 0 bridgehead atoms. The lowest BCUT2D eigenvalue weighted by molar-refractivity contribution is 0.197. The first kappa shape index (κ1) is 19.6. The van der Waals surface area contributed by atoms with E-state index in [0.717, 1.165) is 25.2 Å². The lowest BCUT2D eigenvalue weighted by atomic mass is 9.73. The topological polar surface area (TPSA) is 9.23 Å². The molecule has 1 nitrogen and oxygen atoms in total. The third-order valence-electron chi connectivity index (χ3n) is 4.54. The van der Waals surface area contributed by atoms with Crippen LogP contribution in [0.1, 0.15) is 65.0 Å². The van der Waals surface area contributed by atoms with Crippen molar-refractivity contribution in [1.82, 2.24) is 0 Å². The molecular weight excluding hydrogens is 304 g/mol. The van der Waals surface area contributed by atoms with Crippen molar-refractivity contribution < 1.29 is 4.74 Å². The Labute approximate surface area is 154 Å². The van der Waals surface area contributed by atoms with Crippen LogP contribution in [0.2, 0.25) is 0 Å². The van der Waals surface area contributed by atoms with Gasteiger partial charge < -0.3 is 4.74 Å². The molecule has 25 heavy (non-hydrogen) atoms. The van der Waals surface area contributed by atoms with Crippen molar-refractivity contribution in [3.63, 3.8) is 0 Å². The van der Waals surface area contributed by atoms with E-state index in [-0.39, 0.29) is 10.8 Å². The average molecular weight is 339 g/mol. The Morgan fingerprint density at radius 3 is 2.12 bits per heavy atom. The number of ether oxygens (including phenoxy) is 1. The maximum atomic E-state index is 6.04. The van der Waals surface area contributed by atoms with Crippen molar-refractivity contribution in [2.45, 2.75) is 60.3 Å². The zero-order valence-corrected chi connectivity index (χ0v) is 16.8. The standard InChI is InChI=1S/C24H34O/c1-23(2,3)18-25-21-14-10-13-20(17-21)22(24(4,5)6)16-15-19-11-8-7-9-12-19/h7-14,17,22H,15-16,18H2,1-6H3. The first-order valence-corrected chi connectivity index (χ1v) is 9.42. The highest BCUT2D eigenvalue weighted by Gasteiger charge is 2.26. The summed E-state index contributed by atoms with van der Waals surface area (Å²) in [4.78, 5) is 0. The molecule has 0 fully saturated rings. The quantitative estimate of drug-likeness (QED) is 0.558. The van der Waals surface area contributed by atoms with E-state index in [0.29, 0.717) is 5.92 Å². The van der Waals surface area contributed by atoms with Crippen LogP contribution in [0.25, 0.3) is 0 Å². The van der Waals surface area contributed by atoms with Crippen LogP contribution in [0.5, 0.6) is 5.75 Å². The highest BCUT2D eigenvalue weighted by atomic mass is 16.5. The van der Waals surface area contributed by atoms with Crippen LogP contribution < -0.4 is 4.74 Å². The number of hydrogen-bond donors (Lipinski definition) is 0. The van der Waals surface area contributed by atoms with Crippen LogP contribution in [-0.4, -0.2) is 6.61 Å². The monoisotopic (exact) mass is 338 g/mol. The molecule has 0 aromatic heterocycles. The van der Waals surface area contributed by atoms with Crippen LogP contribution in [-0.2, 0) is 6.42 Å². The first-order chi connectivity index (χ1) is 11.6. The fourth-order valence-corrected chi connectivity index (χ4v) is 3.18. The molecule has 136 valence electrons. The van der Waals surface area contributed by atoms with E-state index in [1.807, 2.05) is 0 Å². The smallest absolute Gasteiger partial charge is 0.119 e. The van der Waals surface area contributed by atoms with Gasteiger partial charge in [-0.25, -0.2) is 0 Å². The third kappa shape index (κ3) is 6.57. The molecule has 1 heteroatoms. The molecule has 1 unspecified atom stereocenters. The molecule has 0 spiro atoms. The molecular formula is C24H34O. The van der Waals surface area contributed by atoms with Crippen LogP contribution >= 0.6 is 0 Å². The molecule has 0 amide bonds.